The summed E-state index contributed by atoms with van der Waals surface area (Å²) in [5.41, 5.74) is 6.18. The predicted octanol–water partition coefficient (Wildman–Crippen LogP) is 1.33. The molecule has 0 unspecified atom stereocenters. The molecule has 0 aliphatic carbocycles. The molecule has 0 spiro atoms. The number of carbonyl (C=O) groups is 1. The van der Waals surface area contributed by atoms with Crippen LogP contribution in [-0.2, 0) is 9.53 Å². The maximum atomic E-state index is 11.1. The Hall–Kier alpha value is -1.07. The SMILES string of the molecule is COC(=O)[C@@H](N)c1ccc(O)c(Br)c1. The highest BCUT2D eigenvalue weighted by atomic mass is 79.9. The van der Waals surface area contributed by atoms with Gasteiger partial charge in [-0.1, -0.05) is 6.07 Å². The van der Waals surface area contributed by atoms with Gasteiger partial charge in [-0.05, 0) is 33.6 Å². The van der Waals surface area contributed by atoms with Crippen LogP contribution in [0.3, 0.4) is 0 Å². The molecule has 1 rings (SSSR count). The molecule has 1 aromatic rings. The molecule has 0 saturated heterocycles. The molecule has 0 amide bonds. The number of esters is 1. The molecule has 0 aromatic heterocycles. The van der Waals surface area contributed by atoms with Gasteiger partial charge in [0.15, 0.2) is 0 Å². The van der Waals surface area contributed by atoms with Crippen molar-refractivity contribution in [2.75, 3.05) is 7.11 Å². The lowest BCUT2D eigenvalue weighted by Gasteiger charge is -2.10. The van der Waals surface area contributed by atoms with Gasteiger partial charge in [-0.15, -0.1) is 0 Å². The first-order valence-electron chi connectivity index (χ1n) is 3.88. The fourth-order valence-corrected chi connectivity index (χ4v) is 1.38. The van der Waals surface area contributed by atoms with Crippen LogP contribution in [0.25, 0.3) is 0 Å². The van der Waals surface area contributed by atoms with Crippen LogP contribution in [0.1, 0.15) is 11.6 Å². The summed E-state index contributed by atoms with van der Waals surface area (Å²) in [5.74, 6) is -0.409. The van der Waals surface area contributed by atoms with E-state index in [-0.39, 0.29) is 5.75 Å². The van der Waals surface area contributed by atoms with Gasteiger partial charge < -0.3 is 15.6 Å². The molecule has 0 radical (unpaired) electrons. The molecule has 0 aliphatic rings. The van der Waals surface area contributed by atoms with Gasteiger partial charge in [-0.2, -0.15) is 0 Å². The molecule has 76 valence electrons. The minimum absolute atomic E-state index is 0.103. The zero-order valence-corrected chi connectivity index (χ0v) is 9.11. The number of rotatable bonds is 2. The average Bonchev–Trinajstić information content (AvgIpc) is 2.20. The molecule has 0 fully saturated rings. The molecule has 0 heterocycles. The first-order valence-corrected chi connectivity index (χ1v) is 4.67. The zero-order valence-electron chi connectivity index (χ0n) is 7.53. The third kappa shape index (κ3) is 2.24. The fraction of sp³-hybridized carbons (Fsp3) is 0.222. The first-order chi connectivity index (χ1) is 6.56. The number of hydrogen-bond donors (Lipinski definition) is 2. The molecule has 3 N–H and O–H groups in total. The summed E-state index contributed by atoms with van der Waals surface area (Å²) in [5, 5.41) is 9.22. The largest absolute Gasteiger partial charge is 0.507 e. The van der Waals surface area contributed by atoms with Crippen molar-refractivity contribution in [3.05, 3.63) is 28.2 Å². The number of phenols is 1. The number of benzene rings is 1. The zero-order chi connectivity index (χ0) is 10.7. The van der Waals surface area contributed by atoms with Gasteiger partial charge in [-0.25, -0.2) is 0 Å². The summed E-state index contributed by atoms with van der Waals surface area (Å²) in [7, 11) is 1.28. The van der Waals surface area contributed by atoms with Crippen LogP contribution >= 0.6 is 15.9 Å². The summed E-state index contributed by atoms with van der Waals surface area (Å²) in [6, 6.07) is 3.79. The monoisotopic (exact) mass is 259 g/mol. The quantitative estimate of drug-likeness (QED) is 0.787. The van der Waals surface area contributed by atoms with E-state index in [1.807, 2.05) is 0 Å². The molecule has 0 saturated carbocycles. The van der Waals surface area contributed by atoms with E-state index in [0.717, 1.165) is 0 Å². The number of halogens is 1. The van der Waals surface area contributed by atoms with E-state index in [9.17, 15) is 9.90 Å². The third-order valence-electron chi connectivity index (χ3n) is 1.79. The van der Waals surface area contributed by atoms with Crippen LogP contribution in [0, 0.1) is 0 Å². The maximum Gasteiger partial charge on any atom is 0.327 e. The normalized spacial score (nSPS) is 12.2. The lowest BCUT2D eigenvalue weighted by atomic mass is 10.1. The summed E-state index contributed by atoms with van der Waals surface area (Å²) in [4.78, 5) is 11.1. The second kappa shape index (κ2) is 4.43. The second-order valence-corrected chi connectivity index (χ2v) is 3.57. The van der Waals surface area contributed by atoms with Crippen molar-refractivity contribution < 1.29 is 14.6 Å². The third-order valence-corrected chi connectivity index (χ3v) is 2.42. The first kappa shape index (κ1) is 11.0. The topological polar surface area (TPSA) is 72.5 Å². The minimum atomic E-state index is -0.822. The number of carbonyl (C=O) groups excluding carboxylic acids is 1. The lowest BCUT2D eigenvalue weighted by molar-refractivity contribution is -0.142. The second-order valence-electron chi connectivity index (χ2n) is 2.71. The maximum absolute atomic E-state index is 11.1. The van der Waals surface area contributed by atoms with Crippen LogP contribution in [0.5, 0.6) is 5.75 Å². The molecule has 0 aliphatic heterocycles. The summed E-state index contributed by atoms with van der Waals surface area (Å²) >= 11 is 3.13. The minimum Gasteiger partial charge on any atom is -0.507 e. The standard InChI is InChI=1S/C9H10BrNO3/c1-14-9(13)8(11)5-2-3-7(12)6(10)4-5/h2-4,8,12H,11H2,1H3/t8-/m0/s1. The fourth-order valence-electron chi connectivity index (χ4n) is 0.980. The van der Waals surface area contributed by atoms with E-state index in [1.54, 1.807) is 12.1 Å². The van der Waals surface area contributed by atoms with Gasteiger partial charge in [0.25, 0.3) is 0 Å². The number of hydrogen-bond acceptors (Lipinski definition) is 4. The number of ether oxygens (including phenoxy) is 1. The van der Waals surface area contributed by atoms with E-state index < -0.39 is 12.0 Å². The Morgan fingerprint density at radius 2 is 2.29 bits per heavy atom. The Labute approximate surface area is 89.8 Å². The Morgan fingerprint density at radius 3 is 2.79 bits per heavy atom. The Kier molecular flexibility index (Phi) is 3.49. The molecule has 1 atom stereocenters. The van der Waals surface area contributed by atoms with Crippen LogP contribution in [-0.4, -0.2) is 18.2 Å². The van der Waals surface area contributed by atoms with E-state index in [1.165, 1.54) is 13.2 Å². The van der Waals surface area contributed by atoms with Gasteiger partial charge >= 0.3 is 5.97 Å². The van der Waals surface area contributed by atoms with Crippen molar-refractivity contribution in [3.63, 3.8) is 0 Å². The summed E-state index contributed by atoms with van der Waals surface area (Å²) in [6.45, 7) is 0. The summed E-state index contributed by atoms with van der Waals surface area (Å²) in [6.07, 6.45) is 0. The highest BCUT2D eigenvalue weighted by Gasteiger charge is 2.16. The van der Waals surface area contributed by atoms with E-state index in [2.05, 4.69) is 20.7 Å². The Bertz CT molecular complexity index is 354. The number of nitrogens with two attached hydrogens (primary N) is 1. The van der Waals surface area contributed by atoms with Crippen LogP contribution in [0.15, 0.2) is 22.7 Å². The number of phenolic OH excluding ortho intramolecular Hbond substituents is 1. The molecular formula is C9H10BrNO3. The number of methoxy groups -OCH3 is 1. The van der Waals surface area contributed by atoms with Crippen molar-refractivity contribution in [3.8, 4) is 5.75 Å². The molecule has 14 heavy (non-hydrogen) atoms. The predicted molar refractivity (Wildman–Crippen MR) is 54.8 cm³/mol. The van der Waals surface area contributed by atoms with Crippen LogP contribution < -0.4 is 5.73 Å². The van der Waals surface area contributed by atoms with Gasteiger partial charge in [0.05, 0.1) is 11.6 Å². The van der Waals surface area contributed by atoms with E-state index in [4.69, 9.17) is 5.73 Å². The molecule has 0 bridgehead atoms. The Morgan fingerprint density at radius 1 is 1.64 bits per heavy atom. The highest BCUT2D eigenvalue weighted by Crippen LogP contribution is 2.26. The number of aromatic hydroxyl groups is 1. The van der Waals surface area contributed by atoms with E-state index >= 15 is 0 Å². The van der Waals surface area contributed by atoms with Crippen molar-refractivity contribution in [1.29, 1.82) is 0 Å². The van der Waals surface area contributed by atoms with Gasteiger partial charge in [0.1, 0.15) is 11.8 Å². The van der Waals surface area contributed by atoms with Crippen LogP contribution in [0.4, 0.5) is 0 Å². The Balaban J connectivity index is 2.96. The molecule has 5 heteroatoms. The van der Waals surface area contributed by atoms with Crippen molar-refractivity contribution in [2.45, 2.75) is 6.04 Å². The van der Waals surface area contributed by atoms with Crippen LogP contribution in [0.2, 0.25) is 0 Å². The summed E-state index contributed by atoms with van der Waals surface area (Å²) < 4.78 is 4.99. The average molecular weight is 260 g/mol. The molecule has 4 nitrogen and oxygen atoms in total. The van der Waals surface area contributed by atoms with Gasteiger partial charge in [-0.3, -0.25) is 4.79 Å². The van der Waals surface area contributed by atoms with E-state index in [0.29, 0.717) is 10.0 Å². The smallest absolute Gasteiger partial charge is 0.327 e. The van der Waals surface area contributed by atoms with Gasteiger partial charge in [0.2, 0.25) is 0 Å². The van der Waals surface area contributed by atoms with Crippen molar-refractivity contribution >= 4 is 21.9 Å². The van der Waals surface area contributed by atoms with Crippen molar-refractivity contribution in [2.24, 2.45) is 5.73 Å². The van der Waals surface area contributed by atoms with Gasteiger partial charge in [0, 0.05) is 0 Å². The van der Waals surface area contributed by atoms with Crippen molar-refractivity contribution in [1.82, 2.24) is 0 Å². The lowest BCUT2D eigenvalue weighted by Crippen LogP contribution is -2.22. The molecular weight excluding hydrogens is 250 g/mol. The highest BCUT2D eigenvalue weighted by molar-refractivity contribution is 9.10. The molecule has 1 aromatic carbocycles.